The molecule has 1 unspecified atom stereocenters. The van der Waals surface area contributed by atoms with Gasteiger partial charge in [-0.2, -0.15) is 0 Å². The number of aryl methyl sites for hydroxylation is 1. The molecule has 98 valence electrons. The first kappa shape index (κ1) is 14.7. The molecule has 1 N–H and O–H groups in total. The number of aliphatic imine (C=N–C) groups is 1. The standard InChI is InChI=1S/C16H24N2/c1-6-12(3)18-11-14-8-9-16(13(4)17-5)15(7-2)10-14/h8-10,12,18H,4-7,11H2,1-3H3. The summed E-state index contributed by atoms with van der Waals surface area (Å²) in [5, 5.41) is 3.50. The minimum atomic E-state index is 0.555. The van der Waals surface area contributed by atoms with Crippen LogP contribution in [0.4, 0.5) is 0 Å². The molecular weight excluding hydrogens is 220 g/mol. The highest BCUT2D eigenvalue weighted by atomic mass is 14.9. The fourth-order valence-corrected chi connectivity index (χ4v) is 1.85. The summed E-state index contributed by atoms with van der Waals surface area (Å²) in [4.78, 5) is 3.92. The molecule has 0 aliphatic heterocycles. The topological polar surface area (TPSA) is 24.4 Å². The Morgan fingerprint density at radius 3 is 2.67 bits per heavy atom. The number of hydrogen-bond donors (Lipinski definition) is 1. The van der Waals surface area contributed by atoms with Crippen LogP contribution < -0.4 is 5.32 Å². The van der Waals surface area contributed by atoms with Crippen LogP contribution in [0.25, 0.3) is 5.70 Å². The van der Waals surface area contributed by atoms with Crippen LogP contribution in [0.5, 0.6) is 0 Å². The molecule has 0 heterocycles. The van der Waals surface area contributed by atoms with Gasteiger partial charge in [0.05, 0.1) is 5.70 Å². The first-order valence-electron chi connectivity index (χ1n) is 6.63. The largest absolute Gasteiger partial charge is 0.310 e. The molecule has 18 heavy (non-hydrogen) atoms. The Hall–Kier alpha value is -1.41. The van der Waals surface area contributed by atoms with E-state index in [0.29, 0.717) is 6.04 Å². The van der Waals surface area contributed by atoms with Crippen LogP contribution in [-0.4, -0.2) is 12.8 Å². The fourth-order valence-electron chi connectivity index (χ4n) is 1.85. The maximum absolute atomic E-state index is 3.92. The van der Waals surface area contributed by atoms with Crippen molar-refractivity contribution in [3.05, 3.63) is 41.5 Å². The summed E-state index contributed by atoms with van der Waals surface area (Å²) in [5.74, 6) is 0. The molecule has 0 radical (unpaired) electrons. The highest BCUT2D eigenvalue weighted by Crippen LogP contribution is 2.20. The average molecular weight is 244 g/mol. The van der Waals surface area contributed by atoms with Crippen LogP contribution in [0.2, 0.25) is 0 Å². The van der Waals surface area contributed by atoms with Crippen molar-refractivity contribution in [3.63, 3.8) is 0 Å². The van der Waals surface area contributed by atoms with E-state index in [9.17, 15) is 0 Å². The summed E-state index contributed by atoms with van der Waals surface area (Å²) in [6, 6.07) is 7.03. The Labute approximate surface area is 111 Å². The van der Waals surface area contributed by atoms with Crippen LogP contribution in [0.1, 0.15) is 43.9 Å². The molecule has 1 aromatic rings. The monoisotopic (exact) mass is 244 g/mol. The van der Waals surface area contributed by atoms with Gasteiger partial charge in [-0.25, -0.2) is 0 Å². The van der Waals surface area contributed by atoms with E-state index in [-0.39, 0.29) is 0 Å². The van der Waals surface area contributed by atoms with E-state index in [1.807, 2.05) is 0 Å². The smallest absolute Gasteiger partial charge is 0.0625 e. The summed E-state index contributed by atoms with van der Waals surface area (Å²) in [7, 11) is 0. The second-order valence-corrected chi connectivity index (χ2v) is 4.64. The second kappa shape index (κ2) is 7.12. The van der Waals surface area contributed by atoms with Gasteiger partial charge >= 0.3 is 0 Å². The molecule has 0 saturated heterocycles. The second-order valence-electron chi connectivity index (χ2n) is 4.64. The van der Waals surface area contributed by atoms with Gasteiger partial charge in [-0.3, -0.25) is 4.99 Å². The lowest BCUT2D eigenvalue weighted by Crippen LogP contribution is -2.24. The molecule has 1 aromatic carbocycles. The van der Waals surface area contributed by atoms with E-state index in [1.54, 1.807) is 0 Å². The summed E-state index contributed by atoms with van der Waals surface area (Å²) in [6.07, 6.45) is 2.14. The Bertz CT molecular complexity index is 421. The van der Waals surface area contributed by atoms with Crippen molar-refractivity contribution in [2.24, 2.45) is 4.99 Å². The van der Waals surface area contributed by atoms with Crippen LogP contribution >= 0.6 is 0 Å². The van der Waals surface area contributed by atoms with E-state index < -0.39 is 0 Å². The number of hydrogen-bond acceptors (Lipinski definition) is 2. The molecular formula is C16H24N2. The SMILES string of the molecule is C=NC(=C)c1ccc(CNC(C)CC)cc1CC. The van der Waals surface area contributed by atoms with Crippen LogP contribution in [-0.2, 0) is 13.0 Å². The molecule has 0 aliphatic rings. The van der Waals surface area contributed by atoms with Gasteiger partial charge in [0.15, 0.2) is 0 Å². The van der Waals surface area contributed by atoms with Crippen molar-refractivity contribution in [2.45, 2.75) is 46.2 Å². The summed E-state index contributed by atoms with van der Waals surface area (Å²) in [5.41, 5.74) is 4.47. The third-order valence-corrected chi connectivity index (χ3v) is 3.32. The minimum absolute atomic E-state index is 0.555. The van der Waals surface area contributed by atoms with Crippen molar-refractivity contribution in [3.8, 4) is 0 Å². The van der Waals surface area contributed by atoms with Crippen LogP contribution in [0, 0.1) is 0 Å². The Balaban J connectivity index is 2.85. The van der Waals surface area contributed by atoms with E-state index in [1.165, 1.54) is 11.1 Å². The molecule has 0 amide bonds. The Morgan fingerprint density at radius 2 is 2.11 bits per heavy atom. The number of benzene rings is 1. The van der Waals surface area contributed by atoms with E-state index in [2.05, 4.69) is 62.6 Å². The lowest BCUT2D eigenvalue weighted by Gasteiger charge is -2.13. The van der Waals surface area contributed by atoms with E-state index >= 15 is 0 Å². The van der Waals surface area contributed by atoms with Gasteiger partial charge in [0, 0.05) is 18.2 Å². The number of rotatable bonds is 7. The van der Waals surface area contributed by atoms with E-state index in [0.717, 1.165) is 30.6 Å². The molecule has 0 fully saturated rings. The molecule has 0 aliphatic carbocycles. The predicted molar refractivity (Wildman–Crippen MR) is 81.0 cm³/mol. The van der Waals surface area contributed by atoms with Gasteiger partial charge in [-0.15, -0.1) is 0 Å². The maximum Gasteiger partial charge on any atom is 0.0625 e. The average Bonchev–Trinajstić information content (AvgIpc) is 2.43. The first-order valence-corrected chi connectivity index (χ1v) is 6.63. The zero-order valence-corrected chi connectivity index (χ0v) is 11.8. The van der Waals surface area contributed by atoms with Crippen molar-refractivity contribution < 1.29 is 0 Å². The van der Waals surface area contributed by atoms with Crippen LogP contribution in [0.3, 0.4) is 0 Å². The lowest BCUT2D eigenvalue weighted by atomic mass is 10.00. The molecule has 1 atom stereocenters. The highest BCUT2D eigenvalue weighted by molar-refractivity contribution is 5.68. The Kier molecular flexibility index (Phi) is 5.79. The third kappa shape index (κ3) is 3.81. The summed E-state index contributed by atoms with van der Waals surface area (Å²) >= 11 is 0. The molecule has 1 rings (SSSR count). The lowest BCUT2D eigenvalue weighted by molar-refractivity contribution is 0.534. The normalized spacial score (nSPS) is 12.2. The van der Waals surface area contributed by atoms with Crippen LogP contribution in [0.15, 0.2) is 29.8 Å². The van der Waals surface area contributed by atoms with Gasteiger partial charge in [-0.1, -0.05) is 38.6 Å². The van der Waals surface area contributed by atoms with Gasteiger partial charge in [0.1, 0.15) is 0 Å². The van der Waals surface area contributed by atoms with Gasteiger partial charge in [0.2, 0.25) is 0 Å². The van der Waals surface area contributed by atoms with Crippen molar-refractivity contribution >= 4 is 12.4 Å². The van der Waals surface area contributed by atoms with Gasteiger partial charge in [-0.05, 0) is 37.6 Å². The molecule has 2 nitrogen and oxygen atoms in total. The maximum atomic E-state index is 3.92. The Morgan fingerprint density at radius 1 is 1.39 bits per heavy atom. The highest BCUT2D eigenvalue weighted by Gasteiger charge is 2.05. The molecule has 0 saturated carbocycles. The van der Waals surface area contributed by atoms with Crippen molar-refractivity contribution in [1.29, 1.82) is 0 Å². The zero-order valence-electron chi connectivity index (χ0n) is 11.8. The quantitative estimate of drug-likeness (QED) is 0.725. The number of nitrogens with one attached hydrogen (secondary N) is 1. The van der Waals surface area contributed by atoms with Gasteiger partial charge in [0.25, 0.3) is 0 Å². The fraction of sp³-hybridized carbons (Fsp3) is 0.438. The predicted octanol–water partition coefficient (Wildman–Crippen LogP) is 3.81. The van der Waals surface area contributed by atoms with Gasteiger partial charge < -0.3 is 5.32 Å². The van der Waals surface area contributed by atoms with Crippen molar-refractivity contribution in [2.75, 3.05) is 0 Å². The van der Waals surface area contributed by atoms with Crippen molar-refractivity contribution in [1.82, 2.24) is 5.32 Å². The van der Waals surface area contributed by atoms with E-state index in [4.69, 9.17) is 0 Å². The molecule has 0 aromatic heterocycles. The molecule has 0 spiro atoms. The number of nitrogens with zero attached hydrogens (tertiary/aromatic N) is 1. The zero-order chi connectivity index (χ0) is 13.5. The summed E-state index contributed by atoms with van der Waals surface area (Å²) < 4.78 is 0. The summed E-state index contributed by atoms with van der Waals surface area (Å²) in [6.45, 7) is 14.9. The molecule has 0 bridgehead atoms. The minimum Gasteiger partial charge on any atom is -0.310 e. The third-order valence-electron chi connectivity index (χ3n) is 3.32. The molecule has 2 heteroatoms. The first-order chi connectivity index (χ1) is 8.62.